The summed E-state index contributed by atoms with van der Waals surface area (Å²) < 4.78 is 0. The molecule has 0 saturated heterocycles. The van der Waals surface area contributed by atoms with E-state index in [1.54, 1.807) is 0 Å². The van der Waals surface area contributed by atoms with E-state index in [-0.39, 0.29) is 5.54 Å². The summed E-state index contributed by atoms with van der Waals surface area (Å²) in [7, 11) is 0. The molecule has 0 saturated carbocycles. The minimum absolute atomic E-state index is 0.141. The second-order valence-electron chi connectivity index (χ2n) is 4.99. The molecule has 0 amide bonds. The third kappa shape index (κ3) is 3.57. The number of nitrogens with zero attached hydrogens (tertiary/aromatic N) is 1. The summed E-state index contributed by atoms with van der Waals surface area (Å²) in [6, 6.07) is 4.61. The number of nitrogens with one attached hydrogen (secondary N) is 1. The summed E-state index contributed by atoms with van der Waals surface area (Å²) in [4.78, 5) is 3.96. The smallest absolute Gasteiger partial charge is 0.0442 e. The molecule has 110 valence electrons. The maximum absolute atomic E-state index is 5.90. The van der Waals surface area contributed by atoms with Crippen LogP contribution in [0.4, 0.5) is 0 Å². The molecule has 1 unspecified atom stereocenters. The maximum atomic E-state index is 5.90. The van der Waals surface area contributed by atoms with Gasteiger partial charge in [0.2, 0.25) is 0 Å². The summed E-state index contributed by atoms with van der Waals surface area (Å²) in [5.41, 5.74) is 3.24. The van der Waals surface area contributed by atoms with Crippen molar-refractivity contribution in [3.8, 4) is 0 Å². The van der Waals surface area contributed by atoms with Gasteiger partial charge in [0, 0.05) is 22.9 Å². The first kappa shape index (κ1) is 16.6. The van der Waals surface area contributed by atoms with Gasteiger partial charge in [0.1, 0.15) is 0 Å². The molecule has 0 aromatic carbocycles. The van der Waals surface area contributed by atoms with Gasteiger partial charge in [-0.25, -0.2) is 0 Å². The number of hydrogen-bond acceptors (Lipinski definition) is 4. The number of thiophene rings is 1. The Kier molecular flexibility index (Phi) is 7.00. The monoisotopic (exact) mass is 283 g/mol. The van der Waals surface area contributed by atoms with Crippen LogP contribution in [0.5, 0.6) is 0 Å². The normalized spacial score (nSPS) is 14.0. The van der Waals surface area contributed by atoms with Gasteiger partial charge in [0.05, 0.1) is 0 Å². The van der Waals surface area contributed by atoms with Crippen LogP contribution in [0.1, 0.15) is 45.4 Å². The zero-order valence-corrected chi connectivity index (χ0v) is 13.6. The molecule has 1 heterocycles. The zero-order valence-electron chi connectivity index (χ0n) is 12.8. The molecule has 3 N–H and O–H groups in total. The fourth-order valence-corrected chi connectivity index (χ4v) is 4.05. The minimum atomic E-state index is 0.141. The summed E-state index contributed by atoms with van der Waals surface area (Å²) in [6.45, 7) is 11.2. The van der Waals surface area contributed by atoms with Crippen LogP contribution in [0.3, 0.4) is 0 Å². The topological polar surface area (TPSA) is 41.3 Å². The minimum Gasteiger partial charge on any atom is -0.297 e. The third-order valence-corrected chi connectivity index (χ3v) is 5.35. The predicted octanol–water partition coefficient (Wildman–Crippen LogP) is 3.02. The molecule has 0 aliphatic carbocycles. The average molecular weight is 283 g/mol. The predicted molar refractivity (Wildman–Crippen MR) is 85.4 cm³/mol. The van der Waals surface area contributed by atoms with Gasteiger partial charge in [-0.1, -0.05) is 33.8 Å². The summed E-state index contributed by atoms with van der Waals surface area (Å²) in [6.07, 6.45) is 3.24. The number of hydrogen-bond donors (Lipinski definition) is 2. The van der Waals surface area contributed by atoms with Crippen molar-refractivity contribution in [1.82, 2.24) is 10.3 Å². The van der Waals surface area contributed by atoms with Gasteiger partial charge in [-0.3, -0.25) is 16.2 Å². The lowest BCUT2D eigenvalue weighted by Crippen LogP contribution is -2.63. The quantitative estimate of drug-likeness (QED) is 0.541. The molecule has 1 atom stereocenters. The van der Waals surface area contributed by atoms with E-state index in [9.17, 15) is 0 Å². The first-order chi connectivity index (χ1) is 9.18. The second kappa shape index (κ2) is 8.00. The highest BCUT2D eigenvalue weighted by molar-refractivity contribution is 7.09. The van der Waals surface area contributed by atoms with Gasteiger partial charge < -0.3 is 0 Å². The summed E-state index contributed by atoms with van der Waals surface area (Å²) in [5, 5.41) is 2.14. The Labute approximate surface area is 122 Å². The van der Waals surface area contributed by atoms with Crippen molar-refractivity contribution >= 4 is 11.3 Å². The Morgan fingerprint density at radius 3 is 2.26 bits per heavy atom. The number of hydrazine groups is 1. The summed E-state index contributed by atoms with van der Waals surface area (Å²) in [5.74, 6) is 5.90. The SMILES string of the molecule is CCN(CC)C(CC)(CC)C(Cc1cccs1)NN. The Morgan fingerprint density at radius 2 is 1.89 bits per heavy atom. The van der Waals surface area contributed by atoms with Crippen LogP contribution in [0.25, 0.3) is 0 Å². The lowest BCUT2D eigenvalue weighted by Gasteiger charge is -2.47. The summed E-state index contributed by atoms with van der Waals surface area (Å²) >= 11 is 1.82. The van der Waals surface area contributed by atoms with Crippen LogP contribution in [-0.2, 0) is 6.42 Å². The van der Waals surface area contributed by atoms with Gasteiger partial charge >= 0.3 is 0 Å². The van der Waals surface area contributed by atoms with Gasteiger partial charge in [-0.2, -0.15) is 0 Å². The molecule has 0 radical (unpaired) electrons. The highest BCUT2D eigenvalue weighted by Gasteiger charge is 2.39. The van der Waals surface area contributed by atoms with E-state index >= 15 is 0 Å². The first-order valence-electron chi connectivity index (χ1n) is 7.41. The number of likely N-dealkylation sites (N-methyl/N-ethyl adjacent to an activating group) is 1. The van der Waals surface area contributed by atoms with E-state index in [0.717, 1.165) is 32.4 Å². The lowest BCUT2D eigenvalue weighted by atomic mass is 9.81. The molecule has 19 heavy (non-hydrogen) atoms. The molecule has 0 fully saturated rings. The lowest BCUT2D eigenvalue weighted by molar-refractivity contribution is 0.0495. The fraction of sp³-hybridized carbons (Fsp3) is 0.733. The Balaban J connectivity index is 2.98. The Bertz CT molecular complexity index is 329. The van der Waals surface area contributed by atoms with Gasteiger partial charge in [-0.15, -0.1) is 11.3 Å². The van der Waals surface area contributed by atoms with E-state index in [1.165, 1.54) is 4.88 Å². The molecule has 4 heteroatoms. The highest BCUT2D eigenvalue weighted by atomic mass is 32.1. The molecule has 0 aliphatic heterocycles. The highest BCUT2D eigenvalue weighted by Crippen LogP contribution is 2.30. The van der Waals surface area contributed by atoms with Crippen LogP contribution in [0, 0.1) is 0 Å². The van der Waals surface area contributed by atoms with Crippen LogP contribution >= 0.6 is 11.3 Å². The van der Waals surface area contributed by atoms with Crippen molar-refractivity contribution < 1.29 is 0 Å². The molecule has 3 nitrogen and oxygen atoms in total. The second-order valence-corrected chi connectivity index (χ2v) is 6.02. The largest absolute Gasteiger partial charge is 0.297 e. The molecule has 0 bridgehead atoms. The van der Waals surface area contributed by atoms with Gasteiger partial charge in [-0.05, 0) is 37.4 Å². The molecule has 1 aromatic heterocycles. The van der Waals surface area contributed by atoms with Crippen molar-refractivity contribution in [2.45, 2.75) is 58.5 Å². The van der Waals surface area contributed by atoms with Crippen molar-refractivity contribution in [3.63, 3.8) is 0 Å². The molecular formula is C15H29N3S. The number of nitrogens with two attached hydrogens (primary N) is 1. The maximum Gasteiger partial charge on any atom is 0.0442 e. The van der Waals surface area contributed by atoms with E-state index in [1.807, 2.05) is 11.3 Å². The third-order valence-electron chi connectivity index (χ3n) is 4.45. The van der Waals surface area contributed by atoms with E-state index < -0.39 is 0 Å². The Morgan fingerprint density at radius 1 is 1.26 bits per heavy atom. The van der Waals surface area contributed by atoms with Crippen LogP contribution in [-0.4, -0.2) is 29.6 Å². The van der Waals surface area contributed by atoms with E-state index in [2.05, 4.69) is 55.5 Å². The van der Waals surface area contributed by atoms with Crippen LogP contribution < -0.4 is 11.3 Å². The first-order valence-corrected chi connectivity index (χ1v) is 8.29. The van der Waals surface area contributed by atoms with Crippen molar-refractivity contribution in [1.29, 1.82) is 0 Å². The standard InChI is InChI=1S/C15H29N3S/c1-5-15(6-2,18(7-3)8-4)14(17-16)12-13-10-9-11-19-13/h9-11,14,17H,5-8,12,16H2,1-4H3. The molecule has 1 aromatic rings. The fourth-order valence-electron chi connectivity index (χ4n) is 3.30. The van der Waals surface area contributed by atoms with Crippen molar-refractivity contribution in [2.75, 3.05) is 13.1 Å². The van der Waals surface area contributed by atoms with Crippen LogP contribution in [0.2, 0.25) is 0 Å². The van der Waals surface area contributed by atoms with Crippen molar-refractivity contribution in [3.05, 3.63) is 22.4 Å². The molecule has 0 aliphatic rings. The van der Waals surface area contributed by atoms with Crippen molar-refractivity contribution in [2.24, 2.45) is 5.84 Å². The molecular weight excluding hydrogens is 254 g/mol. The molecule has 1 rings (SSSR count). The average Bonchev–Trinajstić information content (AvgIpc) is 2.95. The van der Waals surface area contributed by atoms with Gasteiger partial charge in [0.15, 0.2) is 0 Å². The zero-order chi connectivity index (χ0) is 14.3. The van der Waals surface area contributed by atoms with E-state index in [4.69, 9.17) is 5.84 Å². The number of rotatable bonds is 9. The van der Waals surface area contributed by atoms with Gasteiger partial charge in [0.25, 0.3) is 0 Å². The molecule has 0 spiro atoms. The Hall–Kier alpha value is -0.420. The van der Waals surface area contributed by atoms with E-state index in [0.29, 0.717) is 6.04 Å². The van der Waals surface area contributed by atoms with Crippen LogP contribution in [0.15, 0.2) is 17.5 Å².